The molecule has 1 aromatic rings. The Kier molecular flexibility index (Phi) is 7.65. The fourth-order valence-corrected chi connectivity index (χ4v) is 0.808. The molecule has 0 aliphatic carbocycles. The zero-order chi connectivity index (χ0) is 10.8. The van der Waals surface area contributed by atoms with Gasteiger partial charge < -0.3 is 15.2 Å². The van der Waals surface area contributed by atoms with E-state index in [1.54, 1.807) is 19.2 Å². The molecule has 1 aromatic carbocycles. The molecule has 0 spiro atoms. The van der Waals surface area contributed by atoms with E-state index in [1.165, 1.54) is 0 Å². The molecule has 0 radical (unpaired) electrons. The Balaban J connectivity index is 0.000000292. The van der Waals surface area contributed by atoms with Crippen LogP contribution >= 0.6 is 0 Å². The quantitative estimate of drug-likeness (QED) is 0.756. The molecule has 0 atom stereocenters. The molecule has 80 valence electrons. The maximum absolute atomic E-state index is 5.43. The number of rotatable bonds is 3. The monoisotopic (exact) mass is 197 g/mol. The highest BCUT2D eigenvalue weighted by atomic mass is 16.5. The zero-order valence-electron chi connectivity index (χ0n) is 9.12. The Labute approximate surface area is 85.8 Å². The molecule has 0 saturated heterocycles. The van der Waals surface area contributed by atoms with E-state index >= 15 is 0 Å². The van der Waals surface area contributed by atoms with E-state index in [2.05, 4.69) is 0 Å². The first-order valence-corrected chi connectivity index (χ1v) is 4.71. The molecular formula is C11H19NO2. The van der Waals surface area contributed by atoms with Gasteiger partial charge in [-0.05, 0) is 38.1 Å². The normalized spacial score (nSPS) is 8.79. The Morgan fingerprint density at radius 2 is 1.57 bits per heavy atom. The number of hydrogen-bond acceptors (Lipinski definition) is 3. The Hall–Kier alpha value is -1.22. The predicted octanol–water partition coefficient (Wildman–Crippen LogP) is 2.32. The first-order chi connectivity index (χ1) is 6.74. The topological polar surface area (TPSA) is 44.5 Å². The van der Waals surface area contributed by atoms with Crippen LogP contribution in [-0.2, 0) is 4.74 Å². The molecular weight excluding hydrogens is 178 g/mol. The molecule has 0 saturated carbocycles. The van der Waals surface area contributed by atoms with Gasteiger partial charge in [0.05, 0.1) is 7.11 Å². The summed E-state index contributed by atoms with van der Waals surface area (Å²) in [7, 11) is 1.63. The Morgan fingerprint density at radius 3 is 1.86 bits per heavy atom. The van der Waals surface area contributed by atoms with Crippen LogP contribution in [0.15, 0.2) is 24.3 Å². The van der Waals surface area contributed by atoms with E-state index in [0.29, 0.717) is 0 Å². The average Bonchev–Trinajstić information content (AvgIpc) is 2.21. The third kappa shape index (κ3) is 6.31. The highest BCUT2D eigenvalue weighted by Gasteiger charge is 1.86. The molecule has 0 fully saturated rings. The van der Waals surface area contributed by atoms with Crippen molar-refractivity contribution in [1.82, 2.24) is 0 Å². The van der Waals surface area contributed by atoms with Gasteiger partial charge in [0.15, 0.2) is 0 Å². The van der Waals surface area contributed by atoms with Crippen LogP contribution in [0.3, 0.4) is 0 Å². The molecule has 0 bridgehead atoms. The van der Waals surface area contributed by atoms with Crippen molar-refractivity contribution < 1.29 is 9.47 Å². The van der Waals surface area contributed by atoms with Gasteiger partial charge in [-0.3, -0.25) is 0 Å². The van der Waals surface area contributed by atoms with Gasteiger partial charge in [0, 0.05) is 18.9 Å². The van der Waals surface area contributed by atoms with Crippen LogP contribution in [0, 0.1) is 0 Å². The summed E-state index contributed by atoms with van der Waals surface area (Å²) in [5.74, 6) is 0.837. The molecule has 0 aromatic heterocycles. The van der Waals surface area contributed by atoms with Gasteiger partial charge in [0.1, 0.15) is 5.75 Å². The van der Waals surface area contributed by atoms with Crippen molar-refractivity contribution in [3.05, 3.63) is 24.3 Å². The minimum absolute atomic E-state index is 0.760. The molecule has 0 heterocycles. The Morgan fingerprint density at radius 1 is 1.07 bits per heavy atom. The van der Waals surface area contributed by atoms with E-state index in [-0.39, 0.29) is 0 Å². The maximum atomic E-state index is 5.43. The van der Waals surface area contributed by atoms with Gasteiger partial charge in [-0.15, -0.1) is 0 Å². The van der Waals surface area contributed by atoms with Crippen molar-refractivity contribution in [2.24, 2.45) is 0 Å². The van der Waals surface area contributed by atoms with Gasteiger partial charge in [-0.25, -0.2) is 0 Å². The lowest BCUT2D eigenvalue weighted by atomic mass is 10.3. The van der Waals surface area contributed by atoms with Crippen LogP contribution in [0.4, 0.5) is 5.69 Å². The fraction of sp³-hybridized carbons (Fsp3) is 0.455. The lowest BCUT2D eigenvalue weighted by Gasteiger charge is -1.97. The summed E-state index contributed by atoms with van der Waals surface area (Å²) in [6.45, 7) is 5.67. The molecule has 0 unspecified atom stereocenters. The molecule has 1 rings (SSSR count). The SMILES string of the molecule is CCOCC.COc1ccc(N)cc1. The van der Waals surface area contributed by atoms with E-state index in [4.69, 9.17) is 15.2 Å². The second-order valence-electron chi connectivity index (χ2n) is 2.55. The number of nitrogen functional groups attached to an aromatic ring is 1. The van der Waals surface area contributed by atoms with E-state index in [0.717, 1.165) is 24.7 Å². The van der Waals surface area contributed by atoms with Crippen molar-refractivity contribution in [1.29, 1.82) is 0 Å². The summed E-state index contributed by atoms with van der Waals surface area (Å²) in [6, 6.07) is 7.27. The summed E-state index contributed by atoms with van der Waals surface area (Å²) in [4.78, 5) is 0. The number of ether oxygens (including phenoxy) is 2. The minimum Gasteiger partial charge on any atom is -0.497 e. The van der Waals surface area contributed by atoms with Crippen molar-refractivity contribution in [2.45, 2.75) is 13.8 Å². The van der Waals surface area contributed by atoms with Gasteiger partial charge in [0.2, 0.25) is 0 Å². The van der Waals surface area contributed by atoms with Crippen molar-refractivity contribution >= 4 is 5.69 Å². The van der Waals surface area contributed by atoms with E-state index in [1.807, 2.05) is 26.0 Å². The minimum atomic E-state index is 0.760. The van der Waals surface area contributed by atoms with E-state index < -0.39 is 0 Å². The lowest BCUT2D eigenvalue weighted by molar-refractivity contribution is 0.162. The van der Waals surface area contributed by atoms with Crippen LogP contribution < -0.4 is 10.5 Å². The molecule has 3 nitrogen and oxygen atoms in total. The number of benzene rings is 1. The number of methoxy groups -OCH3 is 1. The smallest absolute Gasteiger partial charge is 0.119 e. The summed E-state index contributed by atoms with van der Waals surface area (Å²) in [5, 5.41) is 0. The lowest BCUT2D eigenvalue weighted by Crippen LogP contribution is -1.84. The number of nitrogens with two attached hydrogens (primary N) is 1. The fourth-order valence-electron chi connectivity index (χ4n) is 0.808. The van der Waals surface area contributed by atoms with Gasteiger partial charge >= 0.3 is 0 Å². The molecule has 2 N–H and O–H groups in total. The summed E-state index contributed by atoms with van der Waals surface area (Å²) in [6.07, 6.45) is 0. The molecule has 0 amide bonds. The Bertz CT molecular complexity index is 219. The van der Waals surface area contributed by atoms with Gasteiger partial charge in [-0.2, -0.15) is 0 Å². The van der Waals surface area contributed by atoms with Crippen LogP contribution in [0.2, 0.25) is 0 Å². The predicted molar refractivity (Wildman–Crippen MR) is 59.6 cm³/mol. The maximum Gasteiger partial charge on any atom is 0.119 e. The summed E-state index contributed by atoms with van der Waals surface area (Å²) < 4.78 is 9.75. The average molecular weight is 197 g/mol. The third-order valence-corrected chi connectivity index (χ3v) is 1.52. The van der Waals surface area contributed by atoms with Crippen molar-refractivity contribution in [2.75, 3.05) is 26.1 Å². The third-order valence-electron chi connectivity index (χ3n) is 1.52. The standard InChI is InChI=1S/C7H9NO.C4H10O/c1-9-7-4-2-6(8)3-5-7;1-3-5-4-2/h2-5H,8H2,1H3;3-4H2,1-2H3. The van der Waals surface area contributed by atoms with Gasteiger partial charge in [0.25, 0.3) is 0 Å². The molecule has 0 aliphatic heterocycles. The number of hydrogen-bond donors (Lipinski definition) is 1. The zero-order valence-corrected chi connectivity index (χ0v) is 9.12. The highest BCUT2D eigenvalue weighted by molar-refractivity contribution is 5.41. The first kappa shape index (κ1) is 12.8. The van der Waals surface area contributed by atoms with E-state index in [9.17, 15) is 0 Å². The van der Waals surface area contributed by atoms with Crippen molar-refractivity contribution in [3.63, 3.8) is 0 Å². The van der Waals surface area contributed by atoms with Crippen molar-refractivity contribution in [3.8, 4) is 5.75 Å². The van der Waals surface area contributed by atoms with Crippen LogP contribution in [0.25, 0.3) is 0 Å². The highest BCUT2D eigenvalue weighted by Crippen LogP contribution is 2.11. The van der Waals surface area contributed by atoms with Crippen LogP contribution in [0.1, 0.15) is 13.8 Å². The summed E-state index contributed by atoms with van der Waals surface area (Å²) >= 11 is 0. The van der Waals surface area contributed by atoms with Gasteiger partial charge in [-0.1, -0.05) is 0 Å². The molecule has 0 aliphatic rings. The second kappa shape index (κ2) is 8.38. The molecule has 3 heteroatoms. The largest absolute Gasteiger partial charge is 0.497 e. The summed E-state index contributed by atoms with van der Waals surface area (Å²) in [5.41, 5.74) is 6.19. The van der Waals surface area contributed by atoms with Crippen LogP contribution in [0.5, 0.6) is 5.75 Å². The number of anilines is 1. The van der Waals surface area contributed by atoms with Crippen LogP contribution in [-0.4, -0.2) is 20.3 Å². The second-order valence-corrected chi connectivity index (χ2v) is 2.55. The first-order valence-electron chi connectivity index (χ1n) is 4.71. The molecule has 14 heavy (non-hydrogen) atoms.